The number of hydrogen-bond donors (Lipinski definition) is 1. The minimum absolute atomic E-state index is 0.0403. The third kappa shape index (κ3) is 5.13. The summed E-state index contributed by atoms with van der Waals surface area (Å²) in [7, 11) is -3.69. The zero-order chi connectivity index (χ0) is 21.0. The monoisotopic (exact) mass is 417 g/mol. The maximum absolute atomic E-state index is 13.0. The van der Waals surface area contributed by atoms with Crippen molar-refractivity contribution >= 4 is 21.6 Å². The molecule has 1 aliphatic heterocycles. The molecule has 1 fully saturated rings. The van der Waals surface area contributed by atoms with Crippen LogP contribution < -0.4 is 10.9 Å². The zero-order valence-electron chi connectivity index (χ0n) is 16.8. The van der Waals surface area contributed by atoms with Crippen LogP contribution in [0.1, 0.15) is 36.8 Å². The fourth-order valence-corrected chi connectivity index (χ4v) is 4.97. The van der Waals surface area contributed by atoms with Crippen molar-refractivity contribution in [1.29, 1.82) is 0 Å². The number of rotatable bonds is 5. The largest absolute Gasteiger partial charge is 0.324 e. The highest BCUT2D eigenvalue weighted by Crippen LogP contribution is 2.20. The highest BCUT2D eigenvalue weighted by atomic mass is 32.2. The molecule has 0 bridgehead atoms. The molecule has 1 N–H and O–H groups in total. The number of carbonyl (C=O) groups excluding carboxylic acids is 1. The molecule has 1 saturated heterocycles. The Morgan fingerprint density at radius 2 is 1.72 bits per heavy atom. The predicted octanol–water partition coefficient (Wildman–Crippen LogP) is 2.67. The molecule has 0 radical (unpaired) electrons. The number of carbonyl (C=O) groups is 1. The summed E-state index contributed by atoms with van der Waals surface area (Å²) in [5.41, 5.74) is 2.18. The van der Waals surface area contributed by atoms with Crippen LogP contribution in [0.5, 0.6) is 0 Å². The smallest absolute Gasteiger partial charge is 0.251 e. The Morgan fingerprint density at radius 3 is 2.41 bits per heavy atom. The second kappa shape index (κ2) is 8.92. The SMILES string of the molecule is Cc1ccc(C)c(NC(=O)Cn2cc(S(=O)(=O)N3CCCCCC3)ccc2=O)c1. The van der Waals surface area contributed by atoms with Crippen molar-refractivity contribution in [2.24, 2.45) is 0 Å². The van der Waals surface area contributed by atoms with Gasteiger partial charge in [0.15, 0.2) is 0 Å². The lowest BCUT2D eigenvalue weighted by atomic mass is 10.1. The van der Waals surface area contributed by atoms with E-state index >= 15 is 0 Å². The van der Waals surface area contributed by atoms with E-state index in [0.29, 0.717) is 18.8 Å². The van der Waals surface area contributed by atoms with Crippen LogP contribution in [-0.4, -0.2) is 36.3 Å². The van der Waals surface area contributed by atoms with Crippen LogP contribution in [0, 0.1) is 13.8 Å². The van der Waals surface area contributed by atoms with Crippen LogP contribution >= 0.6 is 0 Å². The van der Waals surface area contributed by atoms with E-state index in [9.17, 15) is 18.0 Å². The predicted molar refractivity (Wildman–Crippen MR) is 112 cm³/mol. The second-order valence-electron chi connectivity index (χ2n) is 7.52. The maximum atomic E-state index is 13.0. The standard InChI is InChI=1S/C21H27N3O4S/c1-16-7-8-17(2)19(13-16)22-20(25)15-23-14-18(9-10-21(23)26)29(27,28)24-11-5-3-4-6-12-24/h7-10,13-14H,3-6,11-12,15H2,1-2H3,(H,22,25). The first-order valence-electron chi connectivity index (χ1n) is 9.85. The van der Waals surface area contributed by atoms with Crippen LogP contribution in [0.15, 0.2) is 46.2 Å². The Bertz CT molecular complexity index is 1050. The first kappa shape index (κ1) is 21.3. The van der Waals surface area contributed by atoms with Gasteiger partial charge >= 0.3 is 0 Å². The Balaban J connectivity index is 1.80. The van der Waals surface area contributed by atoms with Crippen molar-refractivity contribution in [3.63, 3.8) is 0 Å². The van der Waals surface area contributed by atoms with E-state index in [1.807, 2.05) is 32.0 Å². The van der Waals surface area contributed by atoms with Gasteiger partial charge in [0.25, 0.3) is 5.56 Å². The molecule has 0 spiro atoms. The summed E-state index contributed by atoms with van der Waals surface area (Å²) < 4.78 is 28.6. The topological polar surface area (TPSA) is 88.5 Å². The fraction of sp³-hybridized carbons (Fsp3) is 0.429. The molecular weight excluding hydrogens is 390 g/mol. The molecule has 1 aromatic heterocycles. The van der Waals surface area contributed by atoms with Crippen molar-refractivity contribution in [3.8, 4) is 0 Å². The van der Waals surface area contributed by atoms with Gasteiger partial charge in [-0.25, -0.2) is 8.42 Å². The number of nitrogens with one attached hydrogen (secondary N) is 1. The number of anilines is 1. The van der Waals surface area contributed by atoms with E-state index in [2.05, 4.69) is 5.32 Å². The van der Waals surface area contributed by atoms with Crippen molar-refractivity contribution < 1.29 is 13.2 Å². The van der Waals surface area contributed by atoms with Gasteiger partial charge in [0.05, 0.1) is 4.90 Å². The van der Waals surface area contributed by atoms with E-state index in [-0.39, 0.29) is 17.3 Å². The second-order valence-corrected chi connectivity index (χ2v) is 9.45. The molecule has 3 rings (SSSR count). The Labute approximate surface area is 171 Å². The highest BCUT2D eigenvalue weighted by molar-refractivity contribution is 7.89. The molecule has 2 aromatic rings. The number of pyridine rings is 1. The van der Waals surface area contributed by atoms with Gasteiger partial charge in [-0.15, -0.1) is 0 Å². The van der Waals surface area contributed by atoms with Gasteiger partial charge in [-0.05, 0) is 49.9 Å². The van der Waals surface area contributed by atoms with Crippen molar-refractivity contribution in [3.05, 3.63) is 58.0 Å². The van der Waals surface area contributed by atoms with E-state index in [1.54, 1.807) is 0 Å². The summed E-state index contributed by atoms with van der Waals surface area (Å²) >= 11 is 0. The summed E-state index contributed by atoms with van der Waals surface area (Å²) in [6, 6.07) is 8.24. The van der Waals surface area contributed by atoms with Crippen molar-refractivity contribution in [2.45, 2.75) is 51.0 Å². The number of sulfonamides is 1. The lowest BCUT2D eigenvalue weighted by Crippen LogP contribution is -2.33. The molecule has 0 atom stereocenters. The molecular formula is C21H27N3O4S. The molecule has 7 nitrogen and oxygen atoms in total. The van der Waals surface area contributed by atoms with Gasteiger partial charge in [-0.3, -0.25) is 9.59 Å². The molecule has 29 heavy (non-hydrogen) atoms. The van der Waals surface area contributed by atoms with Crippen LogP contribution in [0.3, 0.4) is 0 Å². The molecule has 1 amide bonds. The van der Waals surface area contributed by atoms with Gasteiger partial charge < -0.3 is 9.88 Å². The van der Waals surface area contributed by atoms with Gasteiger partial charge in [0.1, 0.15) is 6.54 Å². The Morgan fingerprint density at radius 1 is 1.03 bits per heavy atom. The number of benzene rings is 1. The summed E-state index contributed by atoms with van der Waals surface area (Å²) in [4.78, 5) is 24.7. The lowest BCUT2D eigenvalue weighted by molar-refractivity contribution is -0.116. The van der Waals surface area contributed by atoms with Gasteiger partial charge in [-0.1, -0.05) is 25.0 Å². The number of amides is 1. The Kier molecular flexibility index (Phi) is 6.54. The average Bonchev–Trinajstić information content (AvgIpc) is 2.96. The minimum Gasteiger partial charge on any atom is -0.324 e. The van der Waals surface area contributed by atoms with Crippen molar-refractivity contribution in [2.75, 3.05) is 18.4 Å². The Hall–Kier alpha value is -2.45. The van der Waals surface area contributed by atoms with Crippen LogP contribution in [0.4, 0.5) is 5.69 Å². The van der Waals surface area contributed by atoms with E-state index < -0.39 is 15.6 Å². The highest BCUT2D eigenvalue weighted by Gasteiger charge is 2.26. The van der Waals surface area contributed by atoms with Crippen LogP contribution in [0.25, 0.3) is 0 Å². The molecule has 0 unspecified atom stereocenters. The first-order valence-corrected chi connectivity index (χ1v) is 11.3. The zero-order valence-corrected chi connectivity index (χ0v) is 17.7. The summed E-state index contributed by atoms with van der Waals surface area (Å²) in [5.74, 6) is -0.384. The molecule has 2 heterocycles. The van der Waals surface area contributed by atoms with E-state index in [1.165, 1.54) is 22.6 Å². The molecule has 1 aromatic carbocycles. The molecule has 8 heteroatoms. The van der Waals surface area contributed by atoms with E-state index in [0.717, 1.165) is 41.4 Å². The average molecular weight is 418 g/mol. The lowest BCUT2D eigenvalue weighted by Gasteiger charge is -2.20. The number of nitrogens with zero attached hydrogens (tertiary/aromatic N) is 2. The van der Waals surface area contributed by atoms with E-state index in [4.69, 9.17) is 0 Å². The minimum atomic E-state index is -3.69. The number of hydrogen-bond acceptors (Lipinski definition) is 4. The summed E-state index contributed by atoms with van der Waals surface area (Å²) in [6.07, 6.45) is 4.97. The maximum Gasteiger partial charge on any atom is 0.251 e. The van der Waals surface area contributed by atoms with Crippen molar-refractivity contribution in [1.82, 2.24) is 8.87 Å². The summed E-state index contributed by atoms with van der Waals surface area (Å²) in [5, 5.41) is 2.80. The van der Waals surface area contributed by atoms with Crippen LogP contribution in [0.2, 0.25) is 0 Å². The molecule has 1 aliphatic rings. The third-order valence-corrected chi connectivity index (χ3v) is 7.02. The number of aryl methyl sites for hydroxylation is 2. The molecule has 0 saturated carbocycles. The third-order valence-electron chi connectivity index (χ3n) is 5.14. The van der Waals surface area contributed by atoms with Crippen LogP contribution in [-0.2, 0) is 21.4 Å². The van der Waals surface area contributed by atoms with Gasteiger partial charge in [-0.2, -0.15) is 4.31 Å². The summed E-state index contributed by atoms with van der Waals surface area (Å²) in [6.45, 7) is 4.52. The van der Waals surface area contributed by atoms with Gasteiger partial charge in [0, 0.05) is 31.0 Å². The normalized spacial score (nSPS) is 15.7. The fourth-order valence-electron chi connectivity index (χ4n) is 3.43. The number of aromatic nitrogens is 1. The van der Waals surface area contributed by atoms with Gasteiger partial charge in [0.2, 0.25) is 15.9 Å². The molecule has 156 valence electrons. The first-order chi connectivity index (χ1) is 13.8. The quantitative estimate of drug-likeness (QED) is 0.810. The molecule has 0 aliphatic carbocycles.